The van der Waals surface area contributed by atoms with Gasteiger partial charge in [0.15, 0.2) is 5.82 Å². The summed E-state index contributed by atoms with van der Waals surface area (Å²) in [4.78, 5) is 3.61. The molecule has 2 aromatic rings. The highest BCUT2D eigenvalue weighted by Crippen LogP contribution is 2.23. The molecule has 1 N–H and O–H groups in total. The van der Waals surface area contributed by atoms with Crippen molar-refractivity contribution >= 4 is 0 Å². The maximum atomic E-state index is 13.2. The third-order valence-corrected chi connectivity index (χ3v) is 1.79. The average Bonchev–Trinajstić information content (AvgIpc) is 2.66. The Morgan fingerprint density at radius 2 is 1.93 bits per heavy atom. The molecule has 0 amide bonds. The predicted molar refractivity (Wildman–Crippen MR) is 45.6 cm³/mol. The van der Waals surface area contributed by atoms with Crippen molar-refractivity contribution < 1.29 is 18.4 Å². The Morgan fingerprint density at radius 3 is 2.47 bits per heavy atom. The number of halogens is 2. The molecule has 0 aliphatic carbocycles. The fourth-order valence-corrected chi connectivity index (χ4v) is 1.12. The Morgan fingerprint density at radius 1 is 1.27 bits per heavy atom. The summed E-state index contributed by atoms with van der Waals surface area (Å²) >= 11 is 0. The molecule has 1 aromatic carbocycles. The molecule has 0 atom stereocenters. The molecular weight excluding hydrogens is 206 g/mol. The normalized spacial score (nSPS) is 10.6. The van der Waals surface area contributed by atoms with E-state index in [2.05, 4.69) is 14.7 Å². The quantitative estimate of drug-likeness (QED) is 0.819. The summed E-state index contributed by atoms with van der Waals surface area (Å²) in [5.41, 5.74) is -0.385. The van der Waals surface area contributed by atoms with Crippen LogP contribution in [0, 0.1) is 11.6 Å². The van der Waals surface area contributed by atoms with Gasteiger partial charge in [0, 0.05) is 0 Å². The minimum Gasteiger partial charge on any atom is -0.388 e. The van der Waals surface area contributed by atoms with Crippen molar-refractivity contribution in [3.8, 4) is 11.5 Å². The van der Waals surface area contributed by atoms with Crippen molar-refractivity contribution in [1.29, 1.82) is 0 Å². The molecular formula is C9H6F2N2O2. The maximum absolute atomic E-state index is 13.2. The molecule has 0 unspecified atom stereocenters. The van der Waals surface area contributed by atoms with E-state index >= 15 is 0 Å². The Hall–Kier alpha value is -1.82. The van der Waals surface area contributed by atoms with Crippen LogP contribution in [-0.4, -0.2) is 15.2 Å². The highest BCUT2D eigenvalue weighted by Gasteiger charge is 2.17. The Kier molecular flexibility index (Phi) is 2.42. The van der Waals surface area contributed by atoms with Gasteiger partial charge in [0.05, 0.1) is 0 Å². The Labute approximate surface area is 83.2 Å². The van der Waals surface area contributed by atoms with Gasteiger partial charge in [-0.3, -0.25) is 0 Å². The molecule has 1 heterocycles. The van der Waals surface area contributed by atoms with Crippen LogP contribution in [0.5, 0.6) is 0 Å². The number of hydrogen-bond donors (Lipinski definition) is 1. The van der Waals surface area contributed by atoms with Crippen molar-refractivity contribution in [3.05, 3.63) is 35.7 Å². The SMILES string of the molecule is OCc1noc(-c2c(F)cccc2F)n1. The zero-order valence-corrected chi connectivity index (χ0v) is 7.44. The minimum atomic E-state index is -0.789. The maximum Gasteiger partial charge on any atom is 0.263 e. The van der Waals surface area contributed by atoms with E-state index in [-0.39, 0.29) is 17.3 Å². The zero-order valence-electron chi connectivity index (χ0n) is 7.44. The molecule has 4 nitrogen and oxygen atoms in total. The highest BCUT2D eigenvalue weighted by molar-refractivity contribution is 5.54. The molecule has 1 aromatic heterocycles. The largest absolute Gasteiger partial charge is 0.388 e. The van der Waals surface area contributed by atoms with Crippen molar-refractivity contribution in [2.24, 2.45) is 0 Å². The van der Waals surface area contributed by atoms with E-state index in [9.17, 15) is 8.78 Å². The van der Waals surface area contributed by atoms with Crippen molar-refractivity contribution in [3.63, 3.8) is 0 Å². The van der Waals surface area contributed by atoms with E-state index in [0.29, 0.717) is 0 Å². The zero-order chi connectivity index (χ0) is 10.8. The smallest absolute Gasteiger partial charge is 0.263 e. The lowest BCUT2D eigenvalue weighted by Crippen LogP contribution is -1.90. The monoisotopic (exact) mass is 212 g/mol. The third kappa shape index (κ3) is 1.71. The summed E-state index contributed by atoms with van der Waals surface area (Å²) in [7, 11) is 0. The van der Waals surface area contributed by atoms with Gasteiger partial charge in [-0.25, -0.2) is 8.78 Å². The average molecular weight is 212 g/mol. The Balaban J connectivity index is 2.53. The highest BCUT2D eigenvalue weighted by atomic mass is 19.1. The van der Waals surface area contributed by atoms with Crippen LogP contribution in [0.25, 0.3) is 11.5 Å². The number of rotatable bonds is 2. The summed E-state index contributed by atoms with van der Waals surface area (Å²) in [5, 5.41) is 12.0. The van der Waals surface area contributed by atoms with Gasteiger partial charge >= 0.3 is 0 Å². The molecule has 0 radical (unpaired) electrons. The van der Waals surface area contributed by atoms with E-state index in [1.807, 2.05) is 0 Å². The number of aliphatic hydroxyl groups excluding tert-OH is 1. The topological polar surface area (TPSA) is 59.2 Å². The number of nitrogens with zero attached hydrogens (tertiary/aromatic N) is 2. The van der Waals surface area contributed by atoms with Gasteiger partial charge < -0.3 is 9.63 Å². The predicted octanol–water partition coefficient (Wildman–Crippen LogP) is 1.51. The number of aromatic nitrogens is 2. The van der Waals surface area contributed by atoms with Crippen LogP contribution in [0.4, 0.5) is 8.78 Å². The summed E-state index contributed by atoms with van der Waals surface area (Å²) in [6, 6.07) is 3.40. The molecule has 0 aliphatic rings. The first kappa shape index (κ1) is 9.72. The number of aliphatic hydroxyl groups is 1. The van der Waals surface area contributed by atoms with Crippen LogP contribution in [0.2, 0.25) is 0 Å². The second kappa shape index (κ2) is 3.74. The molecule has 0 saturated heterocycles. The first-order valence-corrected chi connectivity index (χ1v) is 4.10. The van der Waals surface area contributed by atoms with Crippen LogP contribution in [0.3, 0.4) is 0 Å². The minimum absolute atomic E-state index is 0.0207. The van der Waals surface area contributed by atoms with Gasteiger partial charge in [0.25, 0.3) is 5.89 Å². The van der Waals surface area contributed by atoms with Crippen LogP contribution < -0.4 is 0 Å². The Bertz CT molecular complexity index is 464. The number of hydrogen-bond acceptors (Lipinski definition) is 4. The van der Waals surface area contributed by atoms with Gasteiger partial charge in [-0.05, 0) is 12.1 Å². The second-order valence-corrected chi connectivity index (χ2v) is 2.77. The van der Waals surface area contributed by atoms with E-state index in [4.69, 9.17) is 5.11 Å². The summed E-state index contributed by atoms with van der Waals surface area (Å²) < 4.78 is 31.0. The second-order valence-electron chi connectivity index (χ2n) is 2.77. The first-order chi connectivity index (χ1) is 7.22. The van der Waals surface area contributed by atoms with Gasteiger partial charge in [0.2, 0.25) is 0 Å². The van der Waals surface area contributed by atoms with E-state index < -0.39 is 18.2 Å². The van der Waals surface area contributed by atoms with Crippen molar-refractivity contribution in [1.82, 2.24) is 10.1 Å². The van der Waals surface area contributed by atoms with Gasteiger partial charge in [-0.15, -0.1) is 0 Å². The molecule has 0 fully saturated rings. The molecule has 15 heavy (non-hydrogen) atoms. The van der Waals surface area contributed by atoms with Gasteiger partial charge in [-0.2, -0.15) is 4.98 Å². The van der Waals surface area contributed by atoms with Crippen molar-refractivity contribution in [2.75, 3.05) is 0 Å². The van der Waals surface area contributed by atoms with Crippen molar-refractivity contribution in [2.45, 2.75) is 6.61 Å². The molecule has 78 valence electrons. The molecule has 0 aliphatic heterocycles. The summed E-state index contributed by atoms with van der Waals surface area (Å²) in [5.74, 6) is -1.88. The summed E-state index contributed by atoms with van der Waals surface area (Å²) in [6.45, 7) is -0.445. The van der Waals surface area contributed by atoms with Crippen LogP contribution >= 0.6 is 0 Å². The van der Waals surface area contributed by atoms with Crippen LogP contribution in [0.1, 0.15) is 5.82 Å². The molecule has 6 heteroatoms. The lowest BCUT2D eigenvalue weighted by atomic mass is 10.2. The lowest BCUT2D eigenvalue weighted by molar-refractivity contribution is 0.264. The first-order valence-electron chi connectivity index (χ1n) is 4.10. The number of benzene rings is 1. The van der Waals surface area contributed by atoms with Gasteiger partial charge in [-0.1, -0.05) is 11.2 Å². The van der Waals surface area contributed by atoms with E-state index in [1.54, 1.807) is 0 Å². The fraction of sp³-hybridized carbons (Fsp3) is 0.111. The lowest BCUT2D eigenvalue weighted by Gasteiger charge is -1.97. The van der Waals surface area contributed by atoms with E-state index in [1.165, 1.54) is 6.07 Å². The summed E-state index contributed by atoms with van der Waals surface area (Å²) in [6.07, 6.45) is 0. The van der Waals surface area contributed by atoms with Gasteiger partial charge in [0.1, 0.15) is 23.8 Å². The van der Waals surface area contributed by atoms with E-state index in [0.717, 1.165) is 12.1 Å². The molecule has 0 saturated carbocycles. The molecule has 0 spiro atoms. The van der Waals surface area contributed by atoms with Crippen LogP contribution in [-0.2, 0) is 6.61 Å². The third-order valence-electron chi connectivity index (χ3n) is 1.79. The standard InChI is InChI=1S/C9H6F2N2O2/c10-5-2-1-3-6(11)8(5)9-12-7(4-14)13-15-9/h1-3,14H,4H2. The van der Waals surface area contributed by atoms with Crippen LogP contribution in [0.15, 0.2) is 22.7 Å². The molecule has 2 rings (SSSR count). The fourth-order valence-electron chi connectivity index (χ4n) is 1.12. The molecule has 0 bridgehead atoms.